The SMILES string of the molecule is CN[C@H](C(=O)N[C@H](C(=O)N(C)[C@H](/C=C(\C)C(=O)O)C(C)C)C(C)(C)C)C(C)(C)c1ccccc1C. The Morgan fingerprint density at radius 3 is 2.00 bits per heavy atom. The summed E-state index contributed by atoms with van der Waals surface area (Å²) in [5.41, 5.74) is 1.21. The van der Waals surface area contributed by atoms with E-state index in [0.29, 0.717) is 0 Å². The van der Waals surface area contributed by atoms with Gasteiger partial charge in [-0.05, 0) is 43.4 Å². The first-order valence-electron chi connectivity index (χ1n) is 12.2. The third kappa shape index (κ3) is 7.40. The summed E-state index contributed by atoms with van der Waals surface area (Å²) in [6.07, 6.45) is 1.60. The average Bonchev–Trinajstić information content (AvgIpc) is 2.73. The lowest BCUT2D eigenvalue weighted by molar-refractivity contribution is -0.141. The summed E-state index contributed by atoms with van der Waals surface area (Å²) in [5, 5.41) is 15.5. The number of carboxylic acid groups (broad SMARTS) is 1. The van der Waals surface area contributed by atoms with Crippen LogP contribution >= 0.6 is 0 Å². The monoisotopic (exact) mass is 487 g/mol. The number of rotatable bonds is 10. The Kier molecular flexibility index (Phi) is 10.3. The van der Waals surface area contributed by atoms with E-state index < -0.39 is 34.9 Å². The lowest BCUT2D eigenvalue weighted by Crippen LogP contribution is -2.61. The van der Waals surface area contributed by atoms with Crippen LogP contribution in [0.1, 0.15) is 66.5 Å². The Bertz CT molecular complexity index is 944. The summed E-state index contributed by atoms with van der Waals surface area (Å²) < 4.78 is 0. The van der Waals surface area contributed by atoms with Crippen molar-refractivity contribution in [1.82, 2.24) is 15.5 Å². The smallest absolute Gasteiger partial charge is 0.331 e. The van der Waals surface area contributed by atoms with Gasteiger partial charge >= 0.3 is 5.97 Å². The first kappa shape index (κ1) is 30.4. The Morgan fingerprint density at radius 1 is 1.03 bits per heavy atom. The van der Waals surface area contributed by atoms with Gasteiger partial charge < -0.3 is 20.6 Å². The predicted molar refractivity (Wildman–Crippen MR) is 141 cm³/mol. The number of nitrogens with one attached hydrogen (secondary N) is 2. The molecule has 0 aliphatic heterocycles. The first-order chi connectivity index (χ1) is 16.0. The Morgan fingerprint density at radius 2 is 1.57 bits per heavy atom. The molecule has 1 aromatic rings. The minimum absolute atomic E-state index is 0.0142. The third-order valence-electron chi connectivity index (χ3n) is 6.75. The summed E-state index contributed by atoms with van der Waals surface area (Å²) in [5.74, 6) is -1.56. The van der Waals surface area contributed by atoms with Crippen LogP contribution < -0.4 is 10.6 Å². The molecule has 196 valence electrons. The zero-order valence-corrected chi connectivity index (χ0v) is 23.3. The van der Waals surface area contributed by atoms with Crippen LogP contribution in [0, 0.1) is 18.3 Å². The standard InChI is InChI=1S/C28H45N3O4/c1-17(2)21(16-19(4)26(34)35)31(11)25(33)23(27(5,6)7)30-24(32)22(29-10)28(8,9)20-15-13-12-14-18(20)3/h12-17,21-23,29H,1-11H3,(H,30,32)(H,34,35)/b19-16+/t21-,22-,23-/m1/s1. The third-order valence-corrected chi connectivity index (χ3v) is 6.75. The molecule has 7 heteroatoms. The number of aliphatic carboxylic acids is 1. The van der Waals surface area contributed by atoms with Crippen LogP contribution in [0.3, 0.4) is 0 Å². The van der Waals surface area contributed by atoms with Crippen LogP contribution in [0.15, 0.2) is 35.9 Å². The number of hydrogen-bond donors (Lipinski definition) is 3. The van der Waals surface area contributed by atoms with E-state index in [2.05, 4.69) is 10.6 Å². The van der Waals surface area contributed by atoms with Gasteiger partial charge in [0.1, 0.15) is 6.04 Å². The minimum Gasteiger partial charge on any atom is -0.478 e. The Balaban J connectivity index is 3.34. The molecule has 0 aromatic heterocycles. The molecule has 1 aromatic carbocycles. The van der Waals surface area contributed by atoms with Crippen LogP contribution in [-0.2, 0) is 19.8 Å². The molecule has 3 N–H and O–H groups in total. The van der Waals surface area contributed by atoms with E-state index in [1.807, 2.05) is 79.7 Å². The van der Waals surface area contributed by atoms with Crippen LogP contribution in [0.25, 0.3) is 0 Å². The average molecular weight is 488 g/mol. The zero-order valence-electron chi connectivity index (χ0n) is 23.3. The van der Waals surface area contributed by atoms with Crippen molar-refractivity contribution in [1.29, 1.82) is 0 Å². The quantitative estimate of drug-likeness (QED) is 0.435. The maximum atomic E-state index is 13.7. The number of carbonyl (C=O) groups excluding carboxylic acids is 2. The second-order valence-corrected chi connectivity index (χ2v) is 11.4. The summed E-state index contributed by atoms with van der Waals surface area (Å²) in [7, 11) is 3.41. The lowest BCUT2D eigenvalue weighted by atomic mass is 9.75. The van der Waals surface area contributed by atoms with E-state index in [9.17, 15) is 19.5 Å². The molecule has 0 fully saturated rings. The Hall–Kier alpha value is -2.67. The molecular formula is C28H45N3O4. The molecule has 3 atom stereocenters. The molecular weight excluding hydrogens is 442 g/mol. The molecule has 7 nitrogen and oxygen atoms in total. The number of carboxylic acids is 1. The fourth-order valence-corrected chi connectivity index (χ4v) is 4.57. The van der Waals surface area contributed by atoms with Crippen molar-refractivity contribution >= 4 is 17.8 Å². The number of carbonyl (C=O) groups is 3. The summed E-state index contributed by atoms with van der Waals surface area (Å²) in [6.45, 7) is 17.2. The minimum atomic E-state index is -1.02. The predicted octanol–water partition coefficient (Wildman–Crippen LogP) is 3.91. The highest BCUT2D eigenvalue weighted by atomic mass is 16.4. The van der Waals surface area contributed by atoms with E-state index in [1.165, 1.54) is 6.92 Å². The van der Waals surface area contributed by atoms with Gasteiger partial charge in [0, 0.05) is 18.0 Å². The summed E-state index contributed by atoms with van der Waals surface area (Å²) in [6, 6.07) is 6.17. The molecule has 0 aliphatic rings. The molecule has 2 amide bonds. The molecule has 35 heavy (non-hydrogen) atoms. The highest BCUT2D eigenvalue weighted by molar-refractivity contribution is 5.91. The number of nitrogens with zero attached hydrogens (tertiary/aromatic N) is 1. The van der Waals surface area contributed by atoms with Crippen molar-refractivity contribution in [2.75, 3.05) is 14.1 Å². The molecule has 0 heterocycles. The molecule has 0 radical (unpaired) electrons. The van der Waals surface area contributed by atoms with Crippen molar-refractivity contribution in [2.24, 2.45) is 11.3 Å². The van der Waals surface area contributed by atoms with Crippen LogP contribution in [-0.4, -0.2) is 60.0 Å². The van der Waals surface area contributed by atoms with Gasteiger partial charge in [0.05, 0.1) is 12.1 Å². The summed E-state index contributed by atoms with van der Waals surface area (Å²) >= 11 is 0. The molecule has 0 spiro atoms. The second-order valence-electron chi connectivity index (χ2n) is 11.4. The zero-order chi connectivity index (χ0) is 27.3. The molecule has 0 bridgehead atoms. The van der Waals surface area contributed by atoms with Crippen LogP contribution in [0.4, 0.5) is 0 Å². The number of likely N-dealkylation sites (N-methyl/N-ethyl adjacent to an activating group) is 2. The largest absolute Gasteiger partial charge is 0.478 e. The molecule has 0 unspecified atom stereocenters. The van der Waals surface area contributed by atoms with Crippen molar-refractivity contribution in [2.45, 2.75) is 85.9 Å². The first-order valence-corrected chi connectivity index (χ1v) is 12.2. The fourth-order valence-electron chi connectivity index (χ4n) is 4.57. The number of benzene rings is 1. The van der Waals surface area contributed by atoms with Gasteiger partial charge in [0.25, 0.3) is 0 Å². The second kappa shape index (κ2) is 11.8. The normalized spacial score (nSPS) is 15.4. The number of hydrogen-bond acceptors (Lipinski definition) is 4. The van der Waals surface area contributed by atoms with E-state index in [1.54, 1.807) is 25.1 Å². The summed E-state index contributed by atoms with van der Waals surface area (Å²) in [4.78, 5) is 40.3. The number of amides is 2. The molecule has 1 rings (SSSR count). The van der Waals surface area contributed by atoms with Crippen molar-refractivity contribution in [3.05, 3.63) is 47.0 Å². The highest BCUT2D eigenvalue weighted by Gasteiger charge is 2.42. The lowest BCUT2D eigenvalue weighted by Gasteiger charge is -2.40. The topological polar surface area (TPSA) is 98.7 Å². The molecule has 0 aliphatic carbocycles. The van der Waals surface area contributed by atoms with Crippen molar-refractivity contribution in [3.63, 3.8) is 0 Å². The van der Waals surface area contributed by atoms with Crippen molar-refractivity contribution in [3.8, 4) is 0 Å². The number of aryl methyl sites for hydroxylation is 1. The maximum absolute atomic E-state index is 13.7. The van der Waals surface area contributed by atoms with E-state index in [4.69, 9.17) is 0 Å². The van der Waals surface area contributed by atoms with Gasteiger partial charge in [-0.15, -0.1) is 0 Å². The van der Waals surface area contributed by atoms with Crippen LogP contribution in [0.2, 0.25) is 0 Å². The van der Waals surface area contributed by atoms with Gasteiger partial charge in [0.15, 0.2) is 0 Å². The van der Waals surface area contributed by atoms with Gasteiger partial charge in [-0.25, -0.2) is 4.79 Å². The molecule has 0 saturated heterocycles. The highest BCUT2D eigenvalue weighted by Crippen LogP contribution is 2.31. The van der Waals surface area contributed by atoms with E-state index in [-0.39, 0.29) is 23.3 Å². The van der Waals surface area contributed by atoms with E-state index >= 15 is 0 Å². The Labute approximate surface area is 211 Å². The van der Waals surface area contributed by atoms with Gasteiger partial charge in [-0.1, -0.05) is 78.8 Å². The molecule has 0 saturated carbocycles. The van der Waals surface area contributed by atoms with Crippen LogP contribution in [0.5, 0.6) is 0 Å². The van der Waals surface area contributed by atoms with Gasteiger partial charge in [-0.2, -0.15) is 0 Å². The van der Waals surface area contributed by atoms with Crippen molar-refractivity contribution < 1.29 is 19.5 Å². The van der Waals surface area contributed by atoms with Gasteiger partial charge in [-0.3, -0.25) is 9.59 Å². The maximum Gasteiger partial charge on any atom is 0.331 e. The van der Waals surface area contributed by atoms with E-state index in [0.717, 1.165) is 11.1 Å². The fraction of sp³-hybridized carbons (Fsp3) is 0.607. The van der Waals surface area contributed by atoms with Gasteiger partial charge in [0.2, 0.25) is 11.8 Å².